The van der Waals surface area contributed by atoms with E-state index in [9.17, 15) is 5.11 Å². The molecule has 2 atom stereocenters. The third kappa shape index (κ3) is 3.14. The summed E-state index contributed by atoms with van der Waals surface area (Å²) in [5.74, 6) is 1.76. The van der Waals surface area contributed by atoms with Crippen LogP contribution < -0.4 is 5.32 Å². The zero-order chi connectivity index (χ0) is 13.3. The second-order valence-corrected chi connectivity index (χ2v) is 7.18. The van der Waals surface area contributed by atoms with E-state index >= 15 is 0 Å². The molecule has 104 valence electrons. The lowest BCUT2D eigenvalue weighted by molar-refractivity contribution is 0.136. The molecule has 1 aromatic rings. The van der Waals surface area contributed by atoms with Crippen molar-refractivity contribution in [3.63, 3.8) is 0 Å². The van der Waals surface area contributed by atoms with Crippen LogP contribution in [0.1, 0.15) is 38.5 Å². The van der Waals surface area contributed by atoms with Gasteiger partial charge in [0.2, 0.25) is 0 Å². The molecule has 3 rings (SSSR count). The smallest absolute Gasteiger partial charge is 0.0661 e. The van der Waals surface area contributed by atoms with E-state index in [1.54, 1.807) is 0 Å². The fraction of sp³-hybridized carbons (Fsp3) is 0.625. The summed E-state index contributed by atoms with van der Waals surface area (Å²) in [6.45, 7) is 0.239. The second-order valence-electron chi connectivity index (χ2n) is 6.27. The van der Waals surface area contributed by atoms with Gasteiger partial charge in [-0.1, -0.05) is 34.8 Å². The molecule has 0 radical (unpaired) electrons. The van der Waals surface area contributed by atoms with E-state index in [4.69, 9.17) is 0 Å². The molecule has 2 fully saturated rings. The minimum absolute atomic E-state index is 0.105. The van der Waals surface area contributed by atoms with Crippen molar-refractivity contribution in [1.82, 2.24) is 0 Å². The van der Waals surface area contributed by atoms with E-state index in [0.29, 0.717) is 0 Å². The molecule has 19 heavy (non-hydrogen) atoms. The minimum Gasteiger partial charge on any atom is -0.394 e. The summed E-state index contributed by atoms with van der Waals surface area (Å²) in [5.41, 5.74) is 1.01. The maximum absolute atomic E-state index is 9.92. The summed E-state index contributed by atoms with van der Waals surface area (Å²) in [4.78, 5) is 0. The number of nitrogens with one attached hydrogen (secondary N) is 1. The fourth-order valence-corrected chi connectivity index (χ4v) is 3.95. The predicted octanol–water partition coefficient (Wildman–Crippen LogP) is 4.19. The monoisotopic (exact) mass is 323 g/mol. The van der Waals surface area contributed by atoms with Crippen LogP contribution in [-0.4, -0.2) is 17.3 Å². The number of halogens is 1. The lowest BCUT2D eigenvalue weighted by Crippen LogP contribution is -2.46. The molecule has 0 heterocycles. The van der Waals surface area contributed by atoms with Crippen molar-refractivity contribution in [2.75, 3.05) is 11.9 Å². The highest BCUT2D eigenvalue weighted by Crippen LogP contribution is 2.47. The molecule has 2 aliphatic rings. The maximum atomic E-state index is 9.92. The summed E-state index contributed by atoms with van der Waals surface area (Å²) in [5, 5.41) is 13.5. The SMILES string of the molecule is OCC1(Nc2cccc(Br)c2)CCCC(C2CC2)C1. The number of hydrogen-bond donors (Lipinski definition) is 2. The Bertz CT molecular complexity index is 446. The molecule has 2 aliphatic carbocycles. The average Bonchev–Trinajstić information content (AvgIpc) is 3.23. The van der Waals surface area contributed by atoms with Crippen molar-refractivity contribution in [3.8, 4) is 0 Å². The minimum atomic E-state index is -0.105. The van der Waals surface area contributed by atoms with Gasteiger partial charge in [0.15, 0.2) is 0 Å². The van der Waals surface area contributed by atoms with Crippen molar-refractivity contribution in [2.24, 2.45) is 11.8 Å². The Kier molecular flexibility index (Phi) is 3.86. The lowest BCUT2D eigenvalue weighted by atomic mass is 9.74. The Labute approximate surface area is 123 Å². The predicted molar refractivity (Wildman–Crippen MR) is 82.3 cm³/mol. The van der Waals surface area contributed by atoms with Gasteiger partial charge in [-0.15, -0.1) is 0 Å². The average molecular weight is 324 g/mol. The first-order chi connectivity index (χ1) is 9.21. The van der Waals surface area contributed by atoms with Crippen molar-refractivity contribution >= 4 is 21.6 Å². The van der Waals surface area contributed by atoms with E-state index < -0.39 is 0 Å². The van der Waals surface area contributed by atoms with Gasteiger partial charge in [-0.25, -0.2) is 0 Å². The second kappa shape index (κ2) is 5.45. The Morgan fingerprint density at radius 3 is 2.79 bits per heavy atom. The van der Waals surface area contributed by atoms with Crippen molar-refractivity contribution < 1.29 is 5.11 Å². The number of aliphatic hydroxyl groups excluding tert-OH is 1. The van der Waals surface area contributed by atoms with Crippen molar-refractivity contribution in [2.45, 2.75) is 44.1 Å². The number of rotatable bonds is 4. The van der Waals surface area contributed by atoms with Crippen molar-refractivity contribution in [3.05, 3.63) is 28.7 Å². The van der Waals surface area contributed by atoms with Crippen LogP contribution in [-0.2, 0) is 0 Å². The van der Waals surface area contributed by atoms with E-state index in [2.05, 4.69) is 33.4 Å². The number of anilines is 1. The zero-order valence-electron chi connectivity index (χ0n) is 11.2. The van der Waals surface area contributed by atoms with Crippen LogP contribution in [0, 0.1) is 11.8 Å². The topological polar surface area (TPSA) is 32.3 Å². The molecule has 0 aromatic heterocycles. The van der Waals surface area contributed by atoms with Crippen LogP contribution >= 0.6 is 15.9 Å². The van der Waals surface area contributed by atoms with Gasteiger partial charge in [-0.3, -0.25) is 0 Å². The number of hydrogen-bond acceptors (Lipinski definition) is 2. The molecular weight excluding hydrogens is 302 g/mol. The molecular formula is C16H22BrNO. The van der Waals surface area contributed by atoms with E-state index in [-0.39, 0.29) is 12.1 Å². The zero-order valence-corrected chi connectivity index (χ0v) is 12.8. The van der Waals surface area contributed by atoms with E-state index in [1.165, 1.54) is 25.7 Å². The highest BCUT2D eigenvalue weighted by Gasteiger charge is 2.41. The third-order valence-electron chi connectivity index (χ3n) is 4.71. The van der Waals surface area contributed by atoms with Crippen LogP contribution in [0.3, 0.4) is 0 Å². The summed E-state index contributed by atoms with van der Waals surface area (Å²) in [6.07, 6.45) is 7.61. The molecule has 0 bridgehead atoms. The normalized spacial score (nSPS) is 31.2. The van der Waals surface area contributed by atoms with Gasteiger partial charge in [0.1, 0.15) is 0 Å². The molecule has 3 heteroatoms. The summed E-state index contributed by atoms with van der Waals surface area (Å²) < 4.78 is 1.08. The Balaban J connectivity index is 1.74. The van der Waals surface area contributed by atoms with Gasteiger partial charge < -0.3 is 10.4 Å². The highest BCUT2D eigenvalue weighted by molar-refractivity contribution is 9.10. The Hall–Kier alpha value is -0.540. The quantitative estimate of drug-likeness (QED) is 0.870. The van der Waals surface area contributed by atoms with Crippen molar-refractivity contribution in [1.29, 1.82) is 0 Å². The molecule has 0 spiro atoms. The Morgan fingerprint density at radius 1 is 1.26 bits per heavy atom. The van der Waals surface area contributed by atoms with E-state index in [0.717, 1.165) is 34.8 Å². The van der Waals surface area contributed by atoms with E-state index in [1.807, 2.05) is 12.1 Å². The largest absolute Gasteiger partial charge is 0.394 e. The van der Waals surface area contributed by atoms with Gasteiger partial charge >= 0.3 is 0 Å². The van der Waals surface area contributed by atoms with Gasteiger partial charge in [-0.05, 0) is 55.7 Å². The van der Waals surface area contributed by atoms with Gasteiger partial charge in [0.05, 0.1) is 12.1 Å². The van der Waals surface area contributed by atoms with Crippen LogP contribution in [0.2, 0.25) is 0 Å². The maximum Gasteiger partial charge on any atom is 0.0661 e. The third-order valence-corrected chi connectivity index (χ3v) is 5.20. The molecule has 0 amide bonds. The van der Waals surface area contributed by atoms with Gasteiger partial charge in [0.25, 0.3) is 0 Å². The number of aliphatic hydroxyl groups is 1. The summed E-state index contributed by atoms with van der Waals surface area (Å²) in [6, 6.07) is 8.25. The van der Waals surface area contributed by atoms with Crippen LogP contribution in [0.25, 0.3) is 0 Å². The van der Waals surface area contributed by atoms with Crippen LogP contribution in [0.15, 0.2) is 28.7 Å². The molecule has 0 aliphatic heterocycles. The van der Waals surface area contributed by atoms with Gasteiger partial charge in [0, 0.05) is 10.2 Å². The fourth-order valence-electron chi connectivity index (χ4n) is 3.55. The Morgan fingerprint density at radius 2 is 2.11 bits per heavy atom. The molecule has 2 saturated carbocycles. The first kappa shape index (κ1) is 13.4. The summed E-state index contributed by atoms with van der Waals surface area (Å²) in [7, 11) is 0. The standard InChI is InChI=1S/C16H22BrNO/c17-14-4-1-5-15(9-14)18-16(11-19)8-2-3-13(10-16)12-6-7-12/h1,4-5,9,12-13,18-19H,2-3,6-8,10-11H2. The molecule has 2 N–H and O–H groups in total. The van der Waals surface area contributed by atoms with Crippen LogP contribution in [0.4, 0.5) is 5.69 Å². The molecule has 2 unspecified atom stereocenters. The first-order valence-electron chi connectivity index (χ1n) is 7.35. The lowest BCUT2D eigenvalue weighted by Gasteiger charge is -2.41. The molecule has 1 aromatic carbocycles. The number of benzene rings is 1. The van der Waals surface area contributed by atoms with Crippen LogP contribution in [0.5, 0.6) is 0 Å². The first-order valence-corrected chi connectivity index (χ1v) is 8.15. The molecule has 2 nitrogen and oxygen atoms in total. The summed E-state index contributed by atoms with van der Waals surface area (Å²) >= 11 is 3.51. The molecule has 0 saturated heterocycles. The highest BCUT2D eigenvalue weighted by atomic mass is 79.9. The van der Waals surface area contributed by atoms with Gasteiger partial charge in [-0.2, -0.15) is 0 Å².